The van der Waals surface area contributed by atoms with Gasteiger partial charge in [-0.3, -0.25) is 4.39 Å². The van der Waals surface area contributed by atoms with Gasteiger partial charge in [-0.1, -0.05) is 31.0 Å². The molecule has 3 aliphatic carbocycles. The first-order chi connectivity index (χ1) is 6.43. The largest absolute Gasteiger partial charge is 0.484 e. The molecule has 3 rings (SSSR count). The standard InChI is InChI=1S/C9H14BF4/c11-4-2-1-3-8-5-9(6-8,7-8)10(12,13)14/h1-7H2/q-1. The van der Waals surface area contributed by atoms with Crippen molar-refractivity contribution < 1.29 is 17.3 Å². The van der Waals surface area contributed by atoms with Crippen LogP contribution < -0.4 is 0 Å². The molecule has 0 aliphatic heterocycles. The van der Waals surface area contributed by atoms with E-state index in [0.717, 1.165) is 12.8 Å². The fourth-order valence-corrected chi connectivity index (χ4v) is 3.29. The van der Waals surface area contributed by atoms with Crippen LogP contribution in [0.4, 0.5) is 17.3 Å². The topological polar surface area (TPSA) is 0 Å². The Morgan fingerprint density at radius 2 is 1.57 bits per heavy atom. The van der Waals surface area contributed by atoms with Crippen molar-refractivity contribution in [2.45, 2.75) is 43.8 Å². The average molecular weight is 209 g/mol. The summed E-state index contributed by atoms with van der Waals surface area (Å²) in [5, 5.41) is -1.27. The molecular formula is C9H14BF4-. The van der Waals surface area contributed by atoms with Crippen molar-refractivity contribution in [2.24, 2.45) is 5.41 Å². The van der Waals surface area contributed by atoms with E-state index in [1.165, 1.54) is 0 Å². The first kappa shape index (κ1) is 10.3. The minimum absolute atomic E-state index is 0.0353. The fraction of sp³-hybridized carbons (Fsp3) is 1.00. The predicted molar refractivity (Wildman–Crippen MR) is 47.9 cm³/mol. The Morgan fingerprint density at radius 1 is 1.00 bits per heavy atom. The third-order valence-electron chi connectivity index (χ3n) is 3.97. The SMILES string of the molecule is FCCCCC12CC([B-](F)(F)F)(C1)C2. The predicted octanol–water partition coefficient (Wildman–Crippen LogP) is 3.90. The van der Waals surface area contributed by atoms with Crippen molar-refractivity contribution in [3.05, 3.63) is 0 Å². The number of unbranched alkanes of at least 4 members (excludes halogenated alkanes) is 1. The minimum atomic E-state index is -4.63. The van der Waals surface area contributed by atoms with Crippen LogP contribution in [0, 0.1) is 5.41 Å². The monoisotopic (exact) mass is 209 g/mol. The molecular weight excluding hydrogens is 195 g/mol. The summed E-state index contributed by atoms with van der Waals surface area (Å²) in [5.41, 5.74) is -0.0353. The summed E-state index contributed by atoms with van der Waals surface area (Å²) in [5.74, 6) is 0. The van der Waals surface area contributed by atoms with E-state index in [2.05, 4.69) is 0 Å². The van der Waals surface area contributed by atoms with Crippen LogP contribution in [-0.4, -0.2) is 13.7 Å². The first-order valence-electron chi connectivity index (χ1n) is 5.19. The van der Waals surface area contributed by atoms with Gasteiger partial charge in [0.25, 0.3) is 0 Å². The summed E-state index contributed by atoms with van der Waals surface area (Å²) in [4.78, 5) is 0. The van der Waals surface area contributed by atoms with Gasteiger partial charge in [0, 0.05) is 0 Å². The molecule has 0 aromatic carbocycles. The lowest BCUT2D eigenvalue weighted by Crippen LogP contribution is -2.64. The van der Waals surface area contributed by atoms with Crippen LogP contribution in [0.15, 0.2) is 0 Å². The molecule has 0 aromatic heterocycles. The summed E-state index contributed by atoms with van der Waals surface area (Å²) < 4.78 is 49.2. The van der Waals surface area contributed by atoms with Crippen molar-refractivity contribution >= 4 is 6.98 Å². The number of hydrogen-bond donors (Lipinski definition) is 0. The quantitative estimate of drug-likeness (QED) is 0.366. The maximum absolute atomic E-state index is 12.5. The van der Waals surface area contributed by atoms with Gasteiger partial charge in [-0.2, -0.15) is 0 Å². The molecule has 0 radical (unpaired) electrons. The molecule has 0 heterocycles. The van der Waals surface area contributed by atoms with Gasteiger partial charge < -0.3 is 12.9 Å². The molecule has 2 bridgehead atoms. The highest BCUT2D eigenvalue weighted by atomic mass is 19.4. The van der Waals surface area contributed by atoms with Crippen LogP contribution in [-0.2, 0) is 0 Å². The van der Waals surface area contributed by atoms with E-state index < -0.39 is 12.3 Å². The average Bonchev–Trinajstić information content (AvgIpc) is 1.88. The van der Waals surface area contributed by atoms with Crippen molar-refractivity contribution in [3.63, 3.8) is 0 Å². The molecule has 3 saturated carbocycles. The van der Waals surface area contributed by atoms with Crippen LogP contribution in [0.5, 0.6) is 0 Å². The minimum Gasteiger partial charge on any atom is -0.449 e. The molecule has 0 spiro atoms. The Balaban J connectivity index is 1.77. The van der Waals surface area contributed by atoms with Gasteiger partial charge in [-0.05, 0) is 18.3 Å². The molecule has 0 amide bonds. The second-order valence-corrected chi connectivity index (χ2v) is 5.11. The highest BCUT2D eigenvalue weighted by Crippen LogP contribution is 2.83. The lowest BCUT2D eigenvalue weighted by Gasteiger charge is -2.76. The van der Waals surface area contributed by atoms with Gasteiger partial charge in [0.05, 0.1) is 6.67 Å². The summed E-state index contributed by atoms with van der Waals surface area (Å²) >= 11 is 0. The molecule has 5 heteroatoms. The Hall–Kier alpha value is -0.215. The molecule has 3 fully saturated rings. The van der Waals surface area contributed by atoms with Crippen LogP contribution in [0.25, 0.3) is 0 Å². The van der Waals surface area contributed by atoms with E-state index >= 15 is 0 Å². The summed E-state index contributed by atoms with van der Waals surface area (Å²) in [6.45, 7) is -4.98. The number of halogens is 4. The molecule has 0 nitrogen and oxygen atoms in total. The second kappa shape index (κ2) is 2.89. The highest BCUT2D eigenvalue weighted by molar-refractivity contribution is 6.63. The van der Waals surface area contributed by atoms with Gasteiger partial charge in [0.15, 0.2) is 0 Å². The zero-order valence-electron chi connectivity index (χ0n) is 8.04. The third kappa shape index (κ3) is 1.28. The van der Waals surface area contributed by atoms with Crippen molar-refractivity contribution in [3.8, 4) is 0 Å². The maximum atomic E-state index is 12.5. The number of rotatable bonds is 5. The van der Waals surface area contributed by atoms with Crippen LogP contribution in [0.3, 0.4) is 0 Å². The summed E-state index contributed by atoms with van der Waals surface area (Å²) in [6.07, 6.45) is 3.04. The van der Waals surface area contributed by atoms with Gasteiger partial charge in [-0.15, -0.1) is 0 Å². The highest BCUT2D eigenvalue weighted by Gasteiger charge is 2.72. The molecule has 14 heavy (non-hydrogen) atoms. The molecule has 3 aliphatic rings. The molecule has 0 aromatic rings. The van der Waals surface area contributed by atoms with Crippen molar-refractivity contribution in [2.75, 3.05) is 6.67 Å². The number of alkyl halides is 1. The van der Waals surface area contributed by atoms with Gasteiger partial charge >= 0.3 is 6.98 Å². The third-order valence-corrected chi connectivity index (χ3v) is 3.97. The Kier molecular flexibility index (Phi) is 2.13. The summed E-state index contributed by atoms with van der Waals surface area (Å²) in [7, 11) is 0. The molecule has 0 N–H and O–H groups in total. The molecule has 0 atom stereocenters. The Bertz CT molecular complexity index is 216. The Morgan fingerprint density at radius 3 is 2.00 bits per heavy atom. The van der Waals surface area contributed by atoms with E-state index in [-0.39, 0.29) is 12.1 Å². The smallest absolute Gasteiger partial charge is 0.449 e. The van der Waals surface area contributed by atoms with E-state index in [0.29, 0.717) is 25.7 Å². The summed E-state index contributed by atoms with van der Waals surface area (Å²) in [6, 6.07) is 0. The van der Waals surface area contributed by atoms with E-state index in [1.54, 1.807) is 0 Å². The van der Waals surface area contributed by atoms with E-state index in [4.69, 9.17) is 0 Å². The van der Waals surface area contributed by atoms with E-state index in [9.17, 15) is 17.3 Å². The second-order valence-electron chi connectivity index (χ2n) is 5.11. The van der Waals surface area contributed by atoms with Gasteiger partial charge in [-0.25, -0.2) is 0 Å². The lowest BCUT2D eigenvalue weighted by atomic mass is 9.23. The normalized spacial score (nSPS) is 40.3. The van der Waals surface area contributed by atoms with E-state index in [1.807, 2.05) is 0 Å². The number of hydrogen-bond acceptors (Lipinski definition) is 0. The lowest BCUT2D eigenvalue weighted by molar-refractivity contribution is -0.119. The molecule has 0 unspecified atom stereocenters. The van der Waals surface area contributed by atoms with Gasteiger partial charge in [0.2, 0.25) is 0 Å². The molecule has 82 valence electrons. The van der Waals surface area contributed by atoms with Crippen molar-refractivity contribution in [1.82, 2.24) is 0 Å². The van der Waals surface area contributed by atoms with Gasteiger partial charge in [0.1, 0.15) is 0 Å². The Labute approximate surface area is 81.1 Å². The molecule has 0 saturated heterocycles. The zero-order valence-corrected chi connectivity index (χ0v) is 8.04. The van der Waals surface area contributed by atoms with Crippen LogP contribution >= 0.6 is 0 Å². The van der Waals surface area contributed by atoms with Crippen molar-refractivity contribution in [1.29, 1.82) is 0 Å². The fourth-order valence-electron chi connectivity index (χ4n) is 3.29. The maximum Gasteiger partial charge on any atom is 0.484 e. The zero-order chi connectivity index (χ0) is 10.4. The van der Waals surface area contributed by atoms with Crippen LogP contribution in [0.1, 0.15) is 38.5 Å². The first-order valence-corrected chi connectivity index (χ1v) is 5.19. The van der Waals surface area contributed by atoms with Crippen LogP contribution in [0.2, 0.25) is 5.31 Å².